The molecule has 1 fully saturated rings. The molecule has 0 saturated carbocycles. The molecule has 1 atom stereocenters. The van der Waals surface area contributed by atoms with E-state index >= 15 is 0 Å². The van der Waals surface area contributed by atoms with E-state index in [1.807, 2.05) is 0 Å². The van der Waals surface area contributed by atoms with E-state index in [9.17, 15) is 0 Å². The quantitative estimate of drug-likeness (QED) is 0.515. The molecule has 0 aromatic rings. The number of allylic oxidation sites excluding steroid dienone is 1. The Morgan fingerprint density at radius 3 is 3.11 bits per heavy atom. The number of hydrogen-bond acceptors (Lipinski definition) is 1. The molecule has 0 aromatic carbocycles. The predicted octanol–water partition coefficient (Wildman–Crippen LogP) is 2.13. The summed E-state index contributed by atoms with van der Waals surface area (Å²) in [6, 6.07) is 0. The molecule has 1 nitrogen and oxygen atoms in total. The Labute approximate surface area is 56.7 Å². The highest BCUT2D eigenvalue weighted by atomic mass is 16.5. The standard InChI is InChI=1S/C8H14O/c1-2-3-5-8-6-4-7-9-8/h3,5,8H,2,4,6-7H2,1H3. The third-order valence-electron chi connectivity index (χ3n) is 1.55. The lowest BCUT2D eigenvalue weighted by Gasteiger charge is -1.99. The van der Waals surface area contributed by atoms with Gasteiger partial charge in [0.05, 0.1) is 6.10 Å². The van der Waals surface area contributed by atoms with Crippen molar-refractivity contribution in [2.75, 3.05) is 6.61 Å². The molecule has 1 unspecified atom stereocenters. The van der Waals surface area contributed by atoms with Crippen molar-refractivity contribution in [2.24, 2.45) is 0 Å². The zero-order valence-electron chi connectivity index (χ0n) is 5.97. The minimum atomic E-state index is 0.435. The molecule has 1 aliphatic rings. The first kappa shape index (κ1) is 6.81. The van der Waals surface area contributed by atoms with Crippen LogP contribution in [0.1, 0.15) is 26.2 Å². The predicted molar refractivity (Wildman–Crippen MR) is 38.4 cm³/mol. The Hall–Kier alpha value is -0.300. The molecule has 0 aliphatic carbocycles. The van der Waals surface area contributed by atoms with Crippen LogP contribution in [0.5, 0.6) is 0 Å². The monoisotopic (exact) mass is 126 g/mol. The number of hydrogen-bond donors (Lipinski definition) is 0. The Bertz CT molecular complexity index is 90.7. The zero-order chi connectivity index (χ0) is 6.53. The van der Waals surface area contributed by atoms with Crippen LogP contribution in [0.15, 0.2) is 12.2 Å². The third kappa shape index (κ3) is 2.19. The fourth-order valence-corrected chi connectivity index (χ4v) is 1.04. The lowest BCUT2D eigenvalue weighted by molar-refractivity contribution is 0.145. The summed E-state index contributed by atoms with van der Waals surface area (Å²) in [4.78, 5) is 0. The molecule has 1 saturated heterocycles. The molecule has 1 rings (SSSR count). The van der Waals surface area contributed by atoms with Crippen molar-refractivity contribution in [2.45, 2.75) is 32.3 Å². The number of rotatable bonds is 2. The van der Waals surface area contributed by atoms with E-state index < -0.39 is 0 Å². The van der Waals surface area contributed by atoms with Crippen molar-refractivity contribution in [1.29, 1.82) is 0 Å². The smallest absolute Gasteiger partial charge is 0.0756 e. The van der Waals surface area contributed by atoms with Gasteiger partial charge in [-0.1, -0.05) is 19.1 Å². The molecule has 1 aliphatic heterocycles. The van der Waals surface area contributed by atoms with Gasteiger partial charge in [-0.3, -0.25) is 0 Å². The van der Waals surface area contributed by atoms with Gasteiger partial charge in [0.15, 0.2) is 0 Å². The maximum absolute atomic E-state index is 5.37. The van der Waals surface area contributed by atoms with Crippen molar-refractivity contribution < 1.29 is 4.74 Å². The van der Waals surface area contributed by atoms with Crippen LogP contribution in [0.4, 0.5) is 0 Å². The highest BCUT2D eigenvalue weighted by Gasteiger charge is 2.10. The molecule has 0 amide bonds. The summed E-state index contributed by atoms with van der Waals surface area (Å²) in [7, 11) is 0. The van der Waals surface area contributed by atoms with Crippen molar-refractivity contribution in [3.8, 4) is 0 Å². The molecule has 0 spiro atoms. The molecule has 0 radical (unpaired) electrons. The average molecular weight is 126 g/mol. The molecule has 1 heterocycles. The molecular formula is C8H14O. The average Bonchev–Trinajstić information content (AvgIpc) is 2.34. The fraction of sp³-hybridized carbons (Fsp3) is 0.750. The van der Waals surface area contributed by atoms with Crippen LogP contribution in [0.25, 0.3) is 0 Å². The maximum atomic E-state index is 5.37. The van der Waals surface area contributed by atoms with E-state index in [4.69, 9.17) is 4.74 Å². The second-order valence-corrected chi connectivity index (χ2v) is 2.39. The van der Waals surface area contributed by atoms with E-state index in [1.165, 1.54) is 12.8 Å². The summed E-state index contributed by atoms with van der Waals surface area (Å²) in [6.45, 7) is 3.10. The maximum Gasteiger partial charge on any atom is 0.0756 e. The van der Waals surface area contributed by atoms with E-state index in [0.29, 0.717) is 6.10 Å². The van der Waals surface area contributed by atoms with Gasteiger partial charge in [-0.2, -0.15) is 0 Å². The highest BCUT2D eigenvalue weighted by molar-refractivity contribution is 4.90. The van der Waals surface area contributed by atoms with Crippen LogP contribution in [0.3, 0.4) is 0 Å². The normalized spacial score (nSPS) is 27.9. The Morgan fingerprint density at radius 2 is 2.56 bits per heavy atom. The molecule has 0 bridgehead atoms. The summed E-state index contributed by atoms with van der Waals surface area (Å²) in [5, 5.41) is 0. The molecule has 52 valence electrons. The van der Waals surface area contributed by atoms with Gasteiger partial charge >= 0.3 is 0 Å². The van der Waals surface area contributed by atoms with Gasteiger partial charge in [-0.05, 0) is 19.3 Å². The van der Waals surface area contributed by atoms with E-state index in [2.05, 4.69) is 19.1 Å². The molecule has 9 heavy (non-hydrogen) atoms. The highest BCUT2D eigenvalue weighted by Crippen LogP contribution is 2.12. The van der Waals surface area contributed by atoms with Gasteiger partial charge in [0.1, 0.15) is 0 Å². The van der Waals surface area contributed by atoms with Gasteiger partial charge < -0.3 is 4.74 Å². The zero-order valence-corrected chi connectivity index (χ0v) is 5.97. The van der Waals surface area contributed by atoms with Gasteiger partial charge in [0.25, 0.3) is 0 Å². The van der Waals surface area contributed by atoms with E-state index in [1.54, 1.807) is 0 Å². The summed E-state index contributed by atoms with van der Waals surface area (Å²) < 4.78 is 5.37. The Morgan fingerprint density at radius 1 is 1.67 bits per heavy atom. The molecule has 0 N–H and O–H groups in total. The minimum Gasteiger partial charge on any atom is -0.374 e. The summed E-state index contributed by atoms with van der Waals surface area (Å²) in [6.07, 6.45) is 8.36. The molecule has 0 aromatic heterocycles. The summed E-state index contributed by atoms with van der Waals surface area (Å²) in [5.74, 6) is 0. The van der Waals surface area contributed by atoms with Crippen LogP contribution >= 0.6 is 0 Å². The molecule has 1 heteroatoms. The van der Waals surface area contributed by atoms with Crippen molar-refractivity contribution in [3.63, 3.8) is 0 Å². The van der Waals surface area contributed by atoms with Crippen molar-refractivity contribution in [1.82, 2.24) is 0 Å². The van der Waals surface area contributed by atoms with Crippen LogP contribution in [-0.2, 0) is 4.74 Å². The summed E-state index contributed by atoms with van der Waals surface area (Å²) >= 11 is 0. The lowest BCUT2D eigenvalue weighted by atomic mass is 10.2. The van der Waals surface area contributed by atoms with Gasteiger partial charge in [-0.15, -0.1) is 0 Å². The Kier molecular flexibility index (Phi) is 2.78. The van der Waals surface area contributed by atoms with Gasteiger partial charge in [0.2, 0.25) is 0 Å². The minimum absolute atomic E-state index is 0.435. The SMILES string of the molecule is CCC=CC1CCCO1. The van der Waals surface area contributed by atoms with Gasteiger partial charge in [-0.25, -0.2) is 0 Å². The second kappa shape index (κ2) is 3.67. The molecular weight excluding hydrogens is 112 g/mol. The van der Waals surface area contributed by atoms with Crippen molar-refractivity contribution >= 4 is 0 Å². The van der Waals surface area contributed by atoms with E-state index in [0.717, 1.165) is 13.0 Å². The fourth-order valence-electron chi connectivity index (χ4n) is 1.04. The third-order valence-corrected chi connectivity index (χ3v) is 1.55. The first-order valence-corrected chi connectivity index (χ1v) is 3.71. The van der Waals surface area contributed by atoms with E-state index in [-0.39, 0.29) is 0 Å². The largest absolute Gasteiger partial charge is 0.374 e. The topological polar surface area (TPSA) is 9.23 Å². The van der Waals surface area contributed by atoms with Crippen LogP contribution in [-0.4, -0.2) is 12.7 Å². The van der Waals surface area contributed by atoms with Crippen LogP contribution < -0.4 is 0 Å². The first-order valence-electron chi connectivity index (χ1n) is 3.71. The number of ether oxygens (including phenoxy) is 1. The Balaban J connectivity index is 2.18. The van der Waals surface area contributed by atoms with Crippen LogP contribution in [0.2, 0.25) is 0 Å². The lowest BCUT2D eigenvalue weighted by Crippen LogP contribution is -1.98. The van der Waals surface area contributed by atoms with Crippen molar-refractivity contribution in [3.05, 3.63) is 12.2 Å². The van der Waals surface area contributed by atoms with Crippen LogP contribution in [0, 0.1) is 0 Å². The second-order valence-electron chi connectivity index (χ2n) is 2.39. The summed E-state index contributed by atoms with van der Waals surface area (Å²) in [5.41, 5.74) is 0. The first-order chi connectivity index (χ1) is 4.43. The van der Waals surface area contributed by atoms with Gasteiger partial charge in [0, 0.05) is 6.61 Å².